The molecule has 2 heteroatoms. The highest BCUT2D eigenvalue weighted by atomic mass is 16.1. The monoisotopic (exact) mass is 175 g/mol. The number of benzene rings is 1. The fraction of sp³-hybridized carbons (Fsp3) is 0.364. The van der Waals surface area contributed by atoms with Crippen LogP contribution >= 0.6 is 0 Å². The van der Waals surface area contributed by atoms with Crippen molar-refractivity contribution in [1.82, 2.24) is 5.32 Å². The zero-order chi connectivity index (χ0) is 9.26. The van der Waals surface area contributed by atoms with E-state index in [0.29, 0.717) is 5.92 Å². The molecular formula is C11H13NO. The number of amides is 1. The Hall–Kier alpha value is -1.31. The van der Waals surface area contributed by atoms with Crippen molar-refractivity contribution in [3.63, 3.8) is 0 Å². The first-order valence-electron chi connectivity index (χ1n) is 4.66. The van der Waals surface area contributed by atoms with Gasteiger partial charge < -0.3 is 5.32 Å². The SMILES string of the molecule is CC1CCNC(=O)c2ccccc21. The lowest BCUT2D eigenvalue weighted by molar-refractivity contribution is 0.0956. The van der Waals surface area contributed by atoms with Gasteiger partial charge in [-0.15, -0.1) is 0 Å². The summed E-state index contributed by atoms with van der Waals surface area (Å²) in [6.07, 6.45) is 1.03. The number of carbonyl (C=O) groups excluding carboxylic acids is 1. The van der Waals surface area contributed by atoms with Crippen LogP contribution in [-0.2, 0) is 0 Å². The van der Waals surface area contributed by atoms with Gasteiger partial charge in [-0.1, -0.05) is 25.1 Å². The van der Waals surface area contributed by atoms with Gasteiger partial charge in [-0.2, -0.15) is 0 Å². The van der Waals surface area contributed by atoms with Gasteiger partial charge in [0, 0.05) is 12.1 Å². The Morgan fingerprint density at radius 2 is 2.15 bits per heavy atom. The van der Waals surface area contributed by atoms with Gasteiger partial charge in [0.25, 0.3) is 5.91 Å². The Morgan fingerprint density at radius 3 is 3.00 bits per heavy atom. The van der Waals surface area contributed by atoms with E-state index in [9.17, 15) is 4.79 Å². The fourth-order valence-corrected chi connectivity index (χ4v) is 1.79. The Balaban J connectivity index is 2.51. The molecule has 1 unspecified atom stereocenters. The van der Waals surface area contributed by atoms with Gasteiger partial charge >= 0.3 is 0 Å². The van der Waals surface area contributed by atoms with E-state index < -0.39 is 0 Å². The molecule has 1 aliphatic rings. The Morgan fingerprint density at radius 1 is 1.38 bits per heavy atom. The van der Waals surface area contributed by atoms with Crippen molar-refractivity contribution in [3.8, 4) is 0 Å². The fourth-order valence-electron chi connectivity index (χ4n) is 1.79. The Bertz CT molecular complexity index is 333. The number of carbonyl (C=O) groups is 1. The van der Waals surface area contributed by atoms with E-state index in [1.165, 1.54) is 5.56 Å². The lowest BCUT2D eigenvalue weighted by atomic mass is 9.94. The van der Waals surface area contributed by atoms with Gasteiger partial charge in [0.1, 0.15) is 0 Å². The first-order valence-corrected chi connectivity index (χ1v) is 4.66. The smallest absolute Gasteiger partial charge is 0.251 e. The molecule has 0 saturated carbocycles. The van der Waals surface area contributed by atoms with Crippen molar-refractivity contribution in [1.29, 1.82) is 0 Å². The molecule has 1 N–H and O–H groups in total. The molecule has 13 heavy (non-hydrogen) atoms. The summed E-state index contributed by atoms with van der Waals surface area (Å²) >= 11 is 0. The quantitative estimate of drug-likeness (QED) is 0.641. The minimum absolute atomic E-state index is 0.0694. The molecule has 1 aliphatic heterocycles. The van der Waals surface area contributed by atoms with E-state index >= 15 is 0 Å². The summed E-state index contributed by atoms with van der Waals surface area (Å²) in [5.74, 6) is 0.551. The van der Waals surface area contributed by atoms with Crippen molar-refractivity contribution in [2.75, 3.05) is 6.54 Å². The van der Waals surface area contributed by atoms with Gasteiger partial charge in [0.2, 0.25) is 0 Å². The summed E-state index contributed by atoms with van der Waals surface area (Å²) in [6.45, 7) is 2.95. The number of hydrogen-bond acceptors (Lipinski definition) is 1. The molecule has 1 heterocycles. The molecular weight excluding hydrogens is 162 g/mol. The summed E-state index contributed by atoms with van der Waals surface area (Å²) < 4.78 is 0. The summed E-state index contributed by atoms with van der Waals surface area (Å²) in [4.78, 5) is 11.5. The van der Waals surface area contributed by atoms with Gasteiger partial charge in [-0.25, -0.2) is 0 Å². The second kappa shape index (κ2) is 3.21. The minimum atomic E-state index is 0.0694. The molecule has 0 aromatic heterocycles. The number of fused-ring (bicyclic) bond motifs is 1. The largest absolute Gasteiger partial charge is 0.352 e. The second-order valence-electron chi connectivity index (χ2n) is 3.53. The van der Waals surface area contributed by atoms with Crippen LogP contribution in [0.3, 0.4) is 0 Å². The maximum atomic E-state index is 11.5. The number of nitrogens with one attached hydrogen (secondary N) is 1. The molecule has 0 aliphatic carbocycles. The lowest BCUT2D eigenvalue weighted by Gasteiger charge is -2.09. The average molecular weight is 175 g/mol. The maximum Gasteiger partial charge on any atom is 0.251 e. The summed E-state index contributed by atoms with van der Waals surface area (Å²) in [5.41, 5.74) is 2.02. The molecule has 1 amide bonds. The lowest BCUT2D eigenvalue weighted by Crippen LogP contribution is -2.22. The van der Waals surface area contributed by atoms with Crippen molar-refractivity contribution < 1.29 is 4.79 Å². The Labute approximate surface area is 78.0 Å². The van der Waals surface area contributed by atoms with E-state index in [4.69, 9.17) is 0 Å². The molecule has 1 aromatic carbocycles. The second-order valence-corrected chi connectivity index (χ2v) is 3.53. The Kier molecular flexibility index (Phi) is 2.05. The van der Waals surface area contributed by atoms with Crippen LogP contribution < -0.4 is 5.32 Å². The predicted molar refractivity (Wildman–Crippen MR) is 51.8 cm³/mol. The third-order valence-corrected chi connectivity index (χ3v) is 2.60. The van der Waals surface area contributed by atoms with Crippen LogP contribution in [0.4, 0.5) is 0 Å². The third-order valence-electron chi connectivity index (χ3n) is 2.60. The van der Waals surface area contributed by atoms with Crippen LogP contribution in [0.2, 0.25) is 0 Å². The van der Waals surface area contributed by atoms with Crippen LogP contribution in [0.15, 0.2) is 24.3 Å². The van der Waals surface area contributed by atoms with Crippen molar-refractivity contribution in [2.24, 2.45) is 0 Å². The molecule has 0 radical (unpaired) electrons. The highest BCUT2D eigenvalue weighted by molar-refractivity contribution is 5.96. The molecule has 0 bridgehead atoms. The molecule has 0 fully saturated rings. The van der Waals surface area contributed by atoms with Gasteiger partial charge in [0.05, 0.1) is 0 Å². The molecule has 1 aromatic rings. The highest BCUT2D eigenvalue weighted by Crippen LogP contribution is 2.24. The standard InChI is InChI=1S/C11H13NO/c1-8-6-7-12-11(13)10-5-3-2-4-9(8)10/h2-5,8H,6-7H2,1H3,(H,12,13). The van der Waals surface area contributed by atoms with Gasteiger partial charge in [0.15, 0.2) is 0 Å². The zero-order valence-electron chi connectivity index (χ0n) is 7.71. The summed E-state index contributed by atoms with van der Waals surface area (Å²) in [5, 5.41) is 2.89. The molecule has 0 saturated heterocycles. The normalized spacial score (nSPS) is 21.6. The van der Waals surface area contributed by atoms with Crippen LogP contribution in [0, 0.1) is 0 Å². The van der Waals surface area contributed by atoms with E-state index in [1.807, 2.05) is 24.3 Å². The first kappa shape index (κ1) is 8.30. The summed E-state index contributed by atoms with van der Waals surface area (Å²) in [6, 6.07) is 7.85. The third kappa shape index (κ3) is 1.44. The van der Waals surface area contributed by atoms with E-state index in [2.05, 4.69) is 12.2 Å². The minimum Gasteiger partial charge on any atom is -0.352 e. The number of rotatable bonds is 0. The van der Waals surface area contributed by atoms with E-state index in [0.717, 1.165) is 18.5 Å². The molecule has 68 valence electrons. The van der Waals surface area contributed by atoms with Crippen molar-refractivity contribution in [2.45, 2.75) is 19.3 Å². The van der Waals surface area contributed by atoms with Crippen LogP contribution in [-0.4, -0.2) is 12.5 Å². The zero-order valence-corrected chi connectivity index (χ0v) is 7.71. The van der Waals surface area contributed by atoms with Crippen molar-refractivity contribution in [3.05, 3.63) is 35.4 Å². The van der Waals surface area contributed by atoms with Gasteiger partial charge in [-0.05, 0) is 24.0 Å². The number of hydrogen-bond donors (Lipinski definition) is 1. The highest BCUT2D eigenvalue weighted by Gasteiger charge is 2.18. The predicted octanol–water partition coefficient (Wildman–Crippen LogP) is 1.92. The topological polar surface area (TPSA) is 29.1 Å². The van der Waals surface area contributed by atoms with E-state index in [1.54, 1.807) is 0 Å². The molecule has 2 rings (SSSR count). The molecule has 0 spiro atoms. The van der Waals surface area contributed by atoms with Crippen molar-refractivity contribution >= 4 is 5.91 Å². The maximum absolute atomic E-state index is 11.5. The van der Waals surface area contributed by atoms with Gasteiger partial charge in [-0.3, -0.25) is 4.79 Å². The molecule has 1 atom stereocenters. The van der Waals surface area contributed by atoms with Crippen LogP contribution in [0.1, 0.15) is 35.2 Å². The first-order chi connectivity index (χ1) is 6.29. The van der Waals surface area contributed by atoms with E-state index in [-0.39, 0.29) is 5.91 Å². The average Bonchev–Trinajstić information content (AvgIpc) is 2.29. The van der Waals surface area contributed by atoms with Crippen LogP contribution in [0.5, 0.6) is 0 Å². The summed E-state index contributed by atoms with van der Waals surface area (Å²) in [7, 11) is 0. The van der Waals surface area contributed by atoms with Crippen LogP contribution in [0.25, 0.3) is 0 Å². The molecule has 2 nitrogen and oxygen atoms in total.